The van der Waals surface area contributed by atoms with Crippen molar-refractivity contribution in [3.8, 4) is 0 Å². The van der Waals surface area contributed by atoms with Gasteiger partial charge in [0.1, 0.15) is 5.15 Å². The second-order valence-corrected chi connectivity index (χ2v) is 3.47. The Labute approximate surface area is 88.2 Å². The van der Waals surface area contributed by atoms with Crippen LogP contribution in [-0.4, -0.2) is 4.98 Å². The van der Waals surface area contributed by atoms with Crippen molar-refractivity contribution in [1.29, 1.82) is 0 Å². The van der Waals surface area contributed by atoms with E-state index in [-0.39, 0.29) is 16.4 Å². The summed E-state index contributed by atoms with van der Waals surface area (Å²) in [6, 6.07) is 1.38. The van der Waals surface area contributed by atoms with E-state index in [0.717, 1.165) is 0 Å². The van der Waals surface area contributed by atoms with Crippen molar-refractivity contribution in [2.24, 2.45) is 0 Å². The van der Waals surface area contributed by atoms with E-state index in [1.165, 1.54) is 13.0 Å². The number of pyridine rings is 1. The van der Waals surface area contributed by atoms with E-state index in [1.54, 1.807) is 0 Å². The molecule has 1 aromatic rings. The molecule has 0 fully saturated rings. The Morgan fingerprint density at radius 1 is 1.62 bits per heavy atom. The van der Waals surface area contributed by atoms with Crippen molar-refractivity contribution in [3.05, 3.63) is 28.0 Å². The number of nitrogens with zero attached hydrogens (tertiary/aromatic N) is 1. The first-order valence-electron chi connectivity index (χ1n) is 3.56. The van der Waals surface area contributed by atoms with E-state index < -0.39 is 6.43 Å². The van der Waals surface area contributed by atoms with Crippen LogP contribution in [0.3, 0.4) is 0 Å². The fourth-order valence-corrected chi connectivity index (χ4v) is 1.79. The van der Waals surface area contributed by atoms with Crippen LogP contribution < -0.4 is 0 Å². The first kappa shape index (κ1) is 10.9. The molecule has 0 aliphatic carbocycles. The fourth-order valence-electron chi connectivity index (χ4n) is 0.950. The Bertz CT molecular complexity index is 317. The van der Waals surface area contributed by atoms with E-state index >= 15 is 0 Å². The quantitative estimate of drug-likeness (QED) is 0.587. The molecule has 0 unspecified atom stereocenters. The molecule has 5 heteroatoms. The van der Waals surface area contributed by atoms with E-state index in [9.17, 15) is 8.78 Å². The van der Waals surface area contributed by atoms with Gasteiger partial charge in [-0.1, -0.05) is 27.5 Å². The van der Waals surface area contributed by atoms with E-state index in [2.05, 4.69) is 20.9 Å². The van der Waals surface area contributed by atoms with Gasteiger partial charge in [-0.05, 0) is 13.0 Å². The number of rotatable bonds is 2. The van der Waals surface area contributed by atoms with Crippen LogP contribution in [0.15, 0.2) is 6.07 Å². The zero-order chi connectivity index (χ0) is 10.0. The number of aromatic nitrogens is 1. The Morgan fingerprint density at radius 3 is 2.69 bits per heavy atom. The SMILES string of the molecule is Cc1nc(Cl)c(CBr)cc1C(F)F. The highest BCUT2D eigenvalue weighted by molar-refractivity contribution is 9.08. The summed E-state index contributed by atoms with van der Waals surface area (Å²) < 4.78 is 24.8. The minimum atomic E-state index is -2.50. The zero-order valence-corrected chi connectivity index (χ0v) is 9.16. The summed E-state index contributed by atoms with van der Waals surface area (Å²) in [6.45, 7) is 1.52. The molecule has 1 nitrogen and oxygen atoms in total. The number of halogens is 4. The molecule has 0 radical (unpaired) electrons. The van der Waals surface area contributed by atoms with Gasteiger partial charge < -0.3 is 0 Å². The van der Waals surface area contributed by atoms with Crippen LogP contribution in [-0.2, 0) is 5.33 Å². The van der Waals surface area contributed by atoms with Gasteiger partial charge in [-0.15, -0.1) is 0 Å². The van der Waals surface area contributed by atoms with Crippen molar-refractivity contribution in [2.75, 3.05) is 0 Å². The minimum Gasteiger partial charge on any atom is -0.241 e. The molecule has 0 saturated carbocycles. The number of hydrogen-bond acceptors (Lipinski definition) is 1. The molecule has 0 atom stereocenters. The Hall–Kier alpha value is -0.220. The highest BCUT2D eigenvalue weighted by atomic mass is 79.9. The smallest absolute Gasteiger partial charge is 0.241 e. The maximum Gasteiger partial charge on any atom is 0.265 e. The molecule has 72 valence electrons. The van der Waals surface area contributed by atoms with Gasteiger partial charge in [-0.25, -0.2) is 13.8 Å². The molecule has 1 rings (SSSR count). The molecular formula is C8H7BrClF2N. The molecule has 0 spiro atoms. The molecule has 1 heterocycles. The van der Waals surface area contributed by atoms with Crippen LogP contribution in [0.4, 0.5) is 8.78 Å². The monoisotopic (exact) mass is 269 g/mol. The van der Waals surface area contributed by atoms with Gasteiger partial charge in [0.25, 0.3) is 6.43 Å². The van der Waals surface area contributed by atoms with Crippen LogP contribution in [0.5, 0.6) is 0 Å². The van der Waals surface area contributed by atoms with E-state index in [4.69, 9.17) is 11.6 Å². The molecule has 0 aromatic carbocycles. The van der Waals surface area contributed by atoms with Crippen LogP contribution in [0.25, 0.3) is 0 Å². The lowest BCUT2D eigenvalue weighted by Gasteiger charge is -2.07. The molecule has 0 aliphatic heterocycles. The molecule has 0 amide bonds. The predicted octanol–water partition coefficient (Wildman–Crippen LogP) is 3.88. The first-order valence-corrected chi connectivity index (χ1v) is 5.06. The third-order valence-electron chi connectivity index (χ3n) is 1.66. The lowest BCUT2D eigenvalue weighted by molar-refractivity contribution is 0.150. The Balaban J connectivity index is 3.22. The van der Waals surface area contributed by atoms with Gasteiger partial charge in [0, 0.05) is 22.2 Å². The summed E-state index contributed by atoms with van der Waals surface area (Å²) in [7, 11) is 0. The molecule has 0 saturated heterocycles. The summed E-state index contributed by atoms with van der Waals surface area (Å²) in [5, 5.41) is 0.706. The van der Waals surface area contributed by atoms with E-state index in [1.807, 2.05) is 0 Å². The van der Waals surface area contributed by atoms with Gasteiger partial charge in [-0.3, -0.25) is 0 Å². The summed E-state index contributed by atoms with van der Waals surface area (Å²) in [5.74, 6) is 0. The largest absolute Gasteiger partial charge is 0.265 e. The third kappa shape index (κ3) is 2.38. The van der Waals surface area contributed by atoms with Crippen molar-refractivity contribution in [2.45, 2.75) is 18.7 Å². The molecule has 0 aliphatic rings. The normalized spacial score (nSPS) is 10.9. The van der Waals surface area contributed by atoms with E-state index in [0.29, 0.717) is 10.9 Å². The maximum atomic E-state index is 12.4. The topological polar surface area (TPSA) is 12.9 Å². The molecule has 0 bridgehead atoms. The van der Waals surface area contributed by atoms with Crippen LogP contribution in [0, 0.1) is 6.92 Å². The van der Waals surface area contributed by atoms with Crippen molar-refractivity contribution < 1.29 is 8.78 Å². The second kappa shape index (κ2) is 4.33. The molecule has 1 aromatic heterocycles. The van der Waals surface area contributed by atoms with Gasteiger partial charge in [0.2, 0.25) is 0 Å². The average molecular weight is 271 g/mol. The number of aryl methyl sites for hydroxylation is 1. The zero-order valence-electron chi connectivity index (χ0n) is 6.82. The van der Waals surface area contributed by atoms with Crippen molar-refractivity contribution in [3.63, 3.8) is 0 Å². The summed E-state index contributed by atoms with van der Waals surface area (Å²) in [4.78, 5) is 3.82. The number of alkyl halides is 3. The maximum absolute atomic E-state index is 12.4. The van der Waals surface area contributed by atoms with Gasteiger partial charge in [0.05, 0.1) is 0 Å². The minimum absolute atomic E-state index is 0.0566. The summed E-state index contributed by atoms with van der Waals surface area (Å²) in [5.41, 5.74) is 0.811. The molecule has 13 heavy (non-hydrogen) atoms. The average Bonchev–Trinajstić information content (AvgIpc) is 2.03. The van der Waals surface area contributed by atoms with Gasteiger partial charge in [-0.2, -0.15) is 0 Å². The summed E-state index contributed by atoms with van der Waals surface area (Å²) in [6.07, 6.45) is -2.50. The first-order chi connectivity index (χ1) is 6.06. The Morgan fingerprint density at radius 2 is 2.23 bits per heavy atom. The van der Waals surface area contributed by atoms with Gasteiger partial charge in [0.15, 0.2) is 0 Å². The Kier molecular flexibility index (Phi) is 3.62. The van der Waals surface area contributed by atoms with Crippen LogP contribution >= 0.6 is 27.5 Å². The lowest BCUT2D eigenvalue weighted by Crippen LogP contribution is -1.96. The lowest BCUT2D eigenvalue weighted by atomic mass is 10.1. The number of hydrogen-bond donors (Lipinski definition) is 0. The van der Waals surface area contributed by atoms with Crippen molar-refractivity contribution >= 4 is 27.5 Å². The highest BCUT2D eigenvalue weighted by Crippen LogP contribution is 2.26. The van der Waals surface area contributed by atoms with Crippen LogP contribution in [0.2, 0.25) is 5.15 Å². The molecular weight excluding hydrogens is 263 g/mol. The second-order valence-electron chi connectivity index (χ2n) is 2.55. The van der Waals surface area contributed by atoms with Gasteiger partial charge >= 0.3 is 0 Å². The fraction of sp³-hybridized carbons (Fsp3) is 0.375. The highest BCUT2D eigenvalue weighted by Gasteiger charge is 2.14. The summed E-state index contributed by atoms with van der Waals surface area (Å²) >= 11 is 8.87. The third-order valence-corrected chi connectivity index (χ3v) is 2.59. The molecule has 0 N–H and O–H groups in total. The predicted molar refractivity (Wildman–Crippen MR) is 51.6 cm³/mol. The standard InChI is InChI=1S/C8H7BrClF2N/c1-4-6(8(11)12)2-5(3-9)7(10)13-4/h2,8H,3H2,1H3. The van der Waals surface area contributed by atoms with Crippen molar-refractivity contribution in [1.82, 2.24) is 4.98 Å². The van der Waals surface area contributed by atoms with Crippen LogP contribution in [0.1, 0.15) is 23.2 Å².